The number of rotatable bonds is 5. The van der Waals surface area contributed by atoms with Crippen molar-refractivity contribution in [3.8, 4) is 0 Å². The second-order valence-corrected chi connectivity index (χ2v) is 5.57. The molecule has 1 aromatic rings. The SMILES string of the molecule is CCOC(=O)C1=[N+]([O-])OC(C(=O)OCC)C1c1c(Cl)cccc1Cl. The highest BCUT2D eigenvalue weighted by Crippen LogP contribution is 2.38. The van der Waals surface area contributed by atoms with Crippen LogP contribution in [0.25, 0.3) is 0 Å². The smallest absolute Gasteiger partial charge is 0.405 e. The van der Waals surface area contributed by atoms with E-state index in [0.717, 1.165) is 0 Å². The normalized spacial score (nSPS) is 19.8. The van der Waals surface area contributed by atoms with Crippen molar-refractivity contribution in [2.45, 2.75) is 25.9 Å². The van der Waals surface area contributed by atoms with Gasteiger partial charge in [-0.15, -0.1) is 0 Å². The second kappa shape index (κ2) is 7.72. The first kappa shape index (κ1) is 18.4. The molecule has 2 atom stereocenters. The Bertz CT molecular complexity index is 670. The molecule has 0 aromatic heterocycles. The predicted octanol–water partition coefficient (Wildman–Crippen LogP) is 2.47. The first-order chi connectivity index (χ1) is 11.4. The monoisotopic (exact) mass is 375 g/mol. The van der Waals surface area contributed by atoms with E-state index < -0.39 is 29.7 Å². The fraction of sp³-hybridized carbons (Fsp3) is 0.400. The summed E-state index contributed by atoms with van der Waals surface area (Å²) in [4.78, 5) is 29.3. The van der Waals surface area contributed by atoms with Gasteiger partial charge in [0.2, 0.25) is 0 Å². The maximum absolute atomic E-state index is 12.2. The second-order valence-electron chi connectivity index (χ2n) is 4.75. The molecule has 0 amide bonds. The van der Waals surface area contributed by atoms with Gasteiger partial charge in [0.05, 0.1) is 18.1 Å². The minimum absolute atomic E-state index is 0.0378. The van der Waals surface area contributed by atoms with Crippen molar-refractivity contribution >= 4 is 40.9 Å². The van der Waals surface area contributed by atoms with Crippen LogP contribution < -0.4 is 0 Å². The summed E-state index contributed by atoms with van der Waals surface area (Å²) in [6.07, 6.45) is -1.39. The van der Waals surface area contributed by atoms with E-state index in [1.165, 1.54) is 12.1 Å². The first-order valence-corrected chi connectivity index (χ1v) is 7.96. The molecule has 2 unspecified atom stereocenters. The average molecular weight is 376 g/mol. The first-order valence-electron chi connectivity index (χ1n) is 7.20. The number of carbonyl (C=O) groups excluding carboxylic acids is 2. The Hall–Kier alpha value is -1.99. The van der Waals surface area contributed by atoms with Crippen LogP contribution in [0.4, 0.5) is 0 Å². The molecule has 9 heteroatoms. The fourth-order valence-electron chi connectivity index (χ4n) is 2.38. The van der Waals surface area contributed by atoms with Crippen molar-refractivity contribution in [2.24, 2.45) is 0 Å². The van der Waals surface area contributed by atoms with Crippen LogP contribution in [0.5, 0.6) is 0 Å². The lowest BCUT2D eigenvalue weighted by Crippen LogP contribution is -2.34. The van der Waals surface area contributed by atoms with Gasteiger partial charge in [-0.25, -0.2) is 4.79 Å². The molecule has 24 heavy (non-hydrogen) atoms. The van der Waals surface area contributed by atoms with Crippen LogP contribution in [0.3, 0.4) is 0 Å². The summed E-state index contributed by atoms with van der Waals surface area (Å²) in [6.45, 7) is 3.32. The standard InChI is InChI=1S/C15H15Cl2NO6/c1-3-22-14(19)12-11(10-8(16)6-5-7-9(10)17)13(24-18(12)21)15(20)23-4-2/h5-7,11,13H,3-4H2,1-2H3. The third-order valence-corrected chi connectivity index (χ3v) is 3.98. The van der Waals surface area contributed by atoms with Gasteiger partial charge < -0.3 is 14.3 Å². The van der Waals surface area contributed by atoms with Crippen LogP contribution in [0.1, 0.15) is 25.3 Å². The summed E-state index contributed by atoms with van der Waals surface area (Å²) in [5.41, 5.74) is -0.190. The summed E-state index contributed by atoms with van der Waals surface area (Å²) < 4.78 is 9.79. The van der Waals surface area contributed by atoms with Gasteiger partial charge in [-0.3, -0.25) is 10.0 Å². The largest absolute Gasteiger partial charge is 0.465 e. The number of benzene rings is 1. The molecule has 130 valence electrons. The molecule has 0 spiro atoms. The lowest BCUT2D eigenvalue weighted by Gasteiger charge is -2.19. The molecule has 1 aliphatic rings. The van der Waals surface area contributed by atoms with Crippen LogP contribution >= 0.6 is 23.2 Å². The summed E-state index contributed by atoms with van der Waals surface area (Å²) in [6, 6.07) is 4.66. The average Bonchev–Trinajstić information content (AvgIpc) is 2.85. The van der Waals surface area contributed by atoms with Gasteiger partial charge in [-0.1, -0.05) is 29.3 Å². The lowest BCUT2D eigenvalue weighted by molar-refractivity contribution is -0.736. The van der Waals surface area contributed by atoms with Gasteiger partial charge in [0.15, 0.2) is 6.10 Å². The Morgan fingerprint density at radius 2 is 1.79 bits per heavy atom. The molecule has 1 heterocycles. The highest BCUT2D eigenvalue weighted by Gasteiger charge is 2.51. The van der Waals surface area contributed by atoms with E-state index in [9.17, 15) is 14.8 Å². The summed E-state index contributed by atoms with van der Waals surface area (Å²) in [7, 11) is 0. The van der Waals surface area contributed by atoms with Gasteiger partial charge in [0, 0.05) is 15.6 Å². The van der Waals surface area contributed by atoms with Crippen LogP contribution in [0.15, 0.2) is 18.2 Å². The molecule has 0 fully saturated rings. The van der Waals surface area contributed by atoms with E-state index in [2.05, 4.69) is 0 Å². The van der Waals surface area contributed by atoms with Crippen molar-refractivity contribution in [3.63, 3.8) is 0 Å². The zero-order chi connectivity index (χ0) is 17.9. The van der Waals surface area contributed by atoms with Gasteiger partial charge in [0.1, 0.15) is 5.92 Å². The fourth-order valence-corrected chi connectivity index (χ4v) is 3.02. The van der Waals surface area contributed by atoms with Gasteiger partial charge in [-0.2, -0.15) is 0 Å². The molecule has 0 N–H and O–H groups in total. The quantitative estimate of drug-likeness (QED) is 0.580. The lowest BCUT2D eigenvalue weighted by atomic mass is 9.89. The zero-order valence-electron chi connectivity index (χ0n) is 13.0. The molecule has 0 bridgehead atoms. The maximum Gasteiger partial charge on any atom is 0.405 e. The van der Waals surface area contributed by atoms with Crippen molar-refractivity contribution in [1.29, 1.82) is 0 Å². The predicted molar refractivity (Wildman–Crippen MR) is 86.0 cm³/mol. The summed E-state index contributed by atoms with van der Waals surface area (Å²) >= 11 is 12.3. The number of hydrogen-bond acceptors (Lipinski definition) is 6. The number of hydrogen-bond donors (Lipinski definition) is 0. The van der Waals surface area contributed by atoms with Crippen LogP contribution in [0, 0.1) is 5.21 Å². The van der Waals surface area contributed by atoms with Crippen LogP contribution in [-0.2, 0) is 23.9 Å². The molecule has 0 aliphatic carbocycles. The van der Waals surface area contributed by atoms with E-state index in [1.807, 2.05) is 0 Å². The Labute approximate surface area is 148 Å². The van der Waals surface area contributed by atoms with Gasteiger partial charge in [0.25, 0.3) is 0 Å². The van der Waals surface area contributed by atoms with E-state index in [4.69, 9.17) is 37.5 Å². The minimum atomic E-state index is -1.39. The Morgan fingerprint density at radius 1 is 1.21 bits per heavy atom. The van der Waals surface area contributed by atoms with Crippen molar-refractivity contribution in [1.82, 2.24) is 0 Å². The molecular weight excluding hydrogens is 361 g/mol. The summed E-state index contributed by atoms with van der Waals surface area (Å²) in [5.74, 6) is -2.86. The number of halogens is 2. The van der Waals surface area contributed by atoms with Crippen LogP contribution in [-0.4, -0.2) is 41.9 Å². The Kier molecular flexibility index (Phi) is 5.90. The third-order valence-electron chi connectivity index (χ3n) is 3.32. The summed E-state index contributed by atoms with van der Waals surface area (Å²) in [5, 5.41) is 12.4. The zero-order valence-corrected chi connectivity index (χ0v) is 14.5. The molecule has 1 aromatic carbocycles. The van der Waals surface area contributed by atoms with E-state index in [0.29, 0.717) is 0 Å². The van der Waals surface area contributed by atoms with Crippen molar-refractivity contribution in [2.75, 3.05) is 13.2 Å². The minimum Gasteiger partial charge on any atom is -0.465 e. The van der Waals surface area contributed by atoms with E-state index in [1.54, 1.807) is 19.9 Å². The Balaban J connectivity index is 2.56. The molecule has 0 saturated heterocycles. The van der Waals surface area contributed by atoms with E-state index >= 15 is 0 Å². The van der Waals surface area contributed by atoms with Gasteiger partial charge >= 0.3 is 17.7 Å². The third kappa shape index (κ3) is 3.42. The topological polar surface area (TPSA) is 87.9 Å². The van der Waals surface area contributed by atoms with Crippen LogP contribution in [0.2, 0.25) is 10.0 Å². The molecular formula is C15H15Cl2NO6. The number of carbonyl (C=O) groups is 2. The number of nitrogens with zero attached hydrogens (tertiary/aromatic N) is 1. The number of ether oxygens (including phenoxy) is 2. The van der Waals surface area contributed by atoms with Crippen molar-refractivity contribution in [3.05, 3.63) is 39.0 Å². The molecule has 0 radical (unpaired) electrons. The Morgan fingerprint density at radius 3 is 2.33 bits per heavy atom. The highest BCUT2D eigenvalue weighted by atomic mass is 35.5. The molecule has 7 nitrogen and oxygen atoms in total. The van der Waals surface area contributed by atoms with E-state index in [-0.39, 0.29) is 33.7 Å². The van der Waals surface area contributed by atoms with Crippen molar-refractivity contribution < 1.29 is 28.8 Å². The number of esters is 2. The molecule has 2 rings (SSSR count). The molecule has 1 aliphatic heterocycles. The molecule has 0 saturated carbocycles. The van der Waals surface area contributed by atoms with Gasteiger partial charge in [-0.05, 0) is 26.0 Å². The maximum atomic E-state index is 12.2. The highest BCUT2D eigenvalue weighted by molar-refractivity contribution is 6.41.